The average Bonchev–Trinajstić information content (AvgIpc) is 3.01. The molecule has 0 spiro atoms. The van der Waals surface area contributed by atoms with Crippen LogP contribution in [0.2, 0.25) is 0 Å². The first-order chi connectivity index (χ1) is 12.3. The van der Waals surface area contributed by atoms with Crippen LogP contribution in [0.25, 0.3) is 21.8 Å². The standard InChI is InChI=1S/C16H13N5.CH4O3S/c1-10-6-13-15(8-18-10)19-9-20-16(13)21-12-2-3-14-11(7-12)4-5-17-14;1-5(2,3)4/h2-9,17H,1H3,(H,19,20,21);1H3,(H,2,3,4). The highest BCUT2D eigenvalue weighted by molar-refractivity contribution is 7.85. The molecule has 0 unspecified atom stereocenters. The van der Waals surface area contributed by atoms with Crippen molar-refractivity contribution in [2.75, 3.05) is 11.6 Å². The molecule has 4 rings (SSSR count). The molecular weight excluding hydrogens is 354 g/mol. The molecule has 0 aliphatic carbocycles. The number of hydrogen-bond acceptors (Lipinski definition) is 6. The number of H-pyrrole nitrogens is 1. The van der Waals surface area contributed by atoms with Crippen LogP contribution in [0, 0.1) is 6.92 Å². The molecule has 9 heteroatoms. The van der Waals surface area contributed by atoms with Crippen LogP contribution in [0.15, 0.2) is 49.1 Å². The second-order valence-corrected chi connectivity index (χ2v) is 7.17. The minimum Gasteiger partial charge on any atom is -0.361 e. The van der Waals surface area contributed by atoms with Crippen molar-refractivity contribution in [2.45, 2.75) is 6.92 Å². The zero-order valence-corrected chi connectivity index (χ0v) is 14.9. The predicted octanol–water partition coefficient (Wildman–Crippen LogP) is 3.06. The van der Waals surface area contributed by atoms with Gasteiger partial charge >= 0.3 is 0 Å². The molecule has 0 fully saturated rings. The Kier molecular flexibility index (Phi) is 4.83. The van der Waals surface area contributed by atoms with Gasteiger partial charge in [-0.2, -0.15) is 8.42 Å². The van der Waals surface area contributed by atoms with Gasteiger partial charge in [0.05, 0.1) is 18.0 Å². The summed E-state index contributed by atoms with van der Waals surface area (Å²) in [4.78, 5) is 16.1. The third kappa shape index (κ3) is 4.52. The SMILES string of the molecule is CS(=O)(=O)O.Cc1cc2c(Nc3ccc4[nH]ccc4c3)ncnc2cn1. The van der Waals surface area contributed by atoms with Crippen molar-refractivity contribution in [3.05, 3.63) is 54.7 Å². The van der Waals surface area contributed by atoms with Crippen LogP contribution in [0.3, 0.4) is 0 Å². The fourth-order valence-electron chi connectivity index (χ4n) is 2.43. The average molecular weight is 371 g/mol. The van der Waals surface area contributed by atoms with Crippen LogP contribution in [0.4, 0.5) is 11.5 Å². The van der Waals surface area contributed by atoms with Crippen molar-refractivity contribution in [1.29, 1.82) is 0 Å². The lowest BCUT2D eigenvalue weighted by atomic mass is 10.2. The number of aryl methyl sites for hydroxylation is 1. The van der Waals surface area contributed by atoms with Gasteiger partial charge < -0.3 is 10.3 Å². The topological polar surface area (TPSA) is 121 Å². The Labute approximate surface area is 150 Å². The number of rotatable bonds is 2. The van der Waals surface area contributed by atoms with E-state index in [0.717, 1.165) is 39.0 Å². The summed E-state index contributed by atoms with van der Waals surface area (Å²) in [5, 5.41) is 5.50. The van der Waals surface area contributed by atoms with Crippen molar-refractivity contribution in [2.24, 2.45) is 0 Å². The highest BCUT2D eigenvalue weighted by Crippen LogP contribution is 2.25. The molecule has 0 aliphatic heterocycles. The van der Waals surface area contributed by atoms with Crippen LogP contribution in [0.1, 0.15) is 5.69 Å². The maximum Gasteiger partial charge on any atom is 0.261 e. The van der Waals surface area contributed by atoms with Gasteiger partial charge in [0.15, 0.2) is 0 Å². The second kappa shape index (κ2) is 7.06. The molecule has 134 valence electrons. The van der Waals surface area contributed by atoms with Gasteiger partial charge in [0, 0.05) is 33.9 Å². The lowest BCUT2D eigenvalue weighted by molar-refractivity contribution is 0.490. The Morgan fingerprint density at radius 1 is 1.12 bits per heavy atom. The zero-order chi connectivity index (χ0) is 18.7. The molecule has 0 aliphatic rings. The first-order valence-electron chi connectivity index (χ1n) is 7.63. The maximum absolute atomic E-state index is 9.19. The lowest BCUT2D eigenvalue weighted by Crippen LogP contribution is -1.97. The fraction of sp³-hybridized carbons (Fsp3) is 0.118. The number of anilines is 2. The van der Waals surface area contributed by atoms with Gasteiger partial charge in [-0.25, -0.2) is 9.97 Å². The van der Waals surface area contributed by atoms with E-state index in [4.69, 9.17) is 4.55 Å². The molecule has 4 aromatic rings. The van der Waals surface area contributed by atoms with E-state index in [1.165, 1.54) is 0 Å². The highest BCUT2D eigenvalue weighted by Gasteiger charge is 2.05. The monoisotopic (exact) mass is 371 g/mol. The summed E-state index contributed by atoms with van der Waals surface area (Å²) in [6.07, 6.45) is 5.97. The Bertz CT molecular complexity index is 1160. The Hall–Kier alpha value is -3.04. The van der Waals surface area contributed by atoms with Crippen molar-refractivity contribution in [1.82, 2.24) is 19.9 Å². The van der Waals surface area contributed by atoms with Gasteiger partial charge in [0.25, 0.3) is 10.1 Å². The molecule has 0 radical (unpaired) electrons. The molecule has 3 heterocycles. The predicted molar refractivity (Wildman–Crippen MR) is 101 cm³/mol. The molecule has 8 nitrogen and oxygen atoms in total. The van der Waals surface area contributed by atoms with Gasteiger partial charge in [0.2, 0.25) is 0 Å². The molecule has 1 aromatic carbocycles. The van der Waals surface area contributed by atoms with E-state index in [1.54, 1.807) is 12.5 Å². The van der Waals surface area contributed by atoms with Crippen molar-refractivity contribution in [3.63, 3.8) is 0 Å². The summed E-state index contributed by atoms with van der Waals surface area (Å²) < 4.78 is 25.9. The van der Waals surface area contributed by atoms with Crippen LogP contribution < -0.4 is 5.32 Å². The van der Waals surface area contributed by atoms with Gasteiger partial charge in [-0.3, -0.25) is 9.54 Å². The third-order valence-electron chi connectivity index (χ3n) is 3.47. The van der Waals surface area contributed by atoms with Crippen molar-refractivity contribution in [3.8, 4) is 0 Å². The molecule has 0 saturated heterocycles. The van der Waals surface area contributed by atoms with Gasteiger partial charge in [0.1, 0.15) is 12.1 Å². The third-order valence-corrected chi connectivity index (χ3v) is 3.47. The fourth-order valence-corrected chi connectivity index (χ4v) is 2.43. The van der Waals surface area contributed by atoms with E-state index in [1.807, 2.05) is 37.4 Å². The zero-order valence-electron chi connectivity index (χ0n) is 14.1. The number of benzene rings is 1. The number of hydrogen-bond donors (Lipinski definition) is 3. The number of aromatic amines is 1. The highest BCUT2D eigenvalue weighted by atomic mass is 32.2. The lowest BCUT2D eigenvalue weighted by Gasteiger charge is -2.08. The van der Waals surface area contributed by atoms with E-state index in [0.29, 0.717) is 6.26 Å². The molecule has 3 aromatic heterocycles. The minimum absolute atomic E-state index is 0.715. The smallest absolute Gasteiger partial charge is 0.261 e. The molecule has 3 N–H and O–H groups in total. The van der Waals surface area contributed by atoms with Gasteiger partial charge in [-0.15, -0.1) is 0 Å². The summed E-state index contributed by atoms with van der Waals surface area (Å²) in [5.74, 6) is 0.792. The second-order valence-electron chi connectivity index (χ2n) is 5.70. The summed E-state index contributed by atoms with van der Waals surface area (Å²) in [7, 11) is -3.67. The molecule has 0 amide bonds. The quantitative estimate of drug-likeness (QED) is 0.463. The van der Waals surface area contributed by atoms with E-state index in [-0.39, 0.29) is 0 Å². The van der Waals surface area contributed by atoms with Gasteiger partial charge in [-0.05, 0) is 37.3 Å². The Morgan fingerprint density at radius 2 is 1.88 bits per heavy atom. The largest absolute Gasteiger partial charge is 0.361 e. The first kappa shape index (κ1) is 17.8. The Morgan fingerprint density at radius 3 is 2.65 bits per heavy atom. The number of aromatic nitrogens is 4. The van der Waals surface area contributed by atoms with Gasteiger partial charge in [-0.1, -0.05) is 0 Å². The van der Waals surface area contributed by atoms with Crippen LogP contribution in [0.5, 0.6) is 0 Å². The molecule has 26 heavy (non-hydrogen) atoms. The summed E-state index contributed by atoms with van der Waals surface area (Å²) in [5.41, 5.74) is 3.90. The van der Waals surface area contributed by atoms with Crippen LogP contribution in [-0.2, 0) is 10.1 Å². The van der Waals surface area contributed by atoms with Crippen molar-refractivity contribution >= 4 is 43.4 Å². The maximum atomic E-state index is 9.19. The molecule has 0 bridgehead atoms. The summed E-state index contributed by atoms with van der Waals surface area (Å²) in [6, 6.07) is 10.2. The minimum atomic E-state index is -3.67. The number of fused-ring (bicyclic) bond motifs is 2. The molecule has 0 atom stereocenters. The van der Waals surface area contributed by atoms with Crippen molar-refractivity contribution < 1.29 is 13.0 Å². The summed E-state index contributed by atoms with van der Waals surface area (Å²) >= 11 is 0. The van der Waals surface area contributed by atoms with Crippen LogP contribution >= 0.6 is 0 Å². The summed E-state index contributed by atoms with van der Waals surface area (Å²) in [6.45, 7) is 1.96. The normalized spacial score (nSPS) is 11.2. The molecule has 0 saturated carbocycles. The Balaban J connectivity index is 0.000000349. The molecular formula is C17H17N5O3S. The first-order valence-corrected chi connectivity index (χ1v) is 9.48. The number of nitrogens with one attached hydrogen (secondary N) is 2. The van der Waals surface area contributed by atoms with Crippen LogP contribution in [-0.4, -0.2) is 39.2 Å². The van der Waals surface area contributed by atoms with E-state index >= 15 is 0 Å². The van der Waals surface area contributed by atoms with E-state index in [9.17, 15) is 8.42 Å². The van der Waals surface area contributed by atoms with E-state index in [2.05, 4.69) is 31.3 Å². The van der Waals surface area contributed by atoms with E-state index < -0.39 is 10.1 Å². The number of nitrogens with zero attached hydrogens (tertiary/aromatic N) is 3. The number of pyridine rings is 1.